The molecule has 0 N–H and O–H groups in total. The summed E-state index contributed by atoms with van der Waals surface area (Å²) in [7, 11) is 0. The maximum Gasteiger partial charge on any atom is 0.0612 e. The molecule has 2 heteroatoms. The molecule has 35 heavy (non-hydrogen) atoms. The number of fused-ring (bicyclic) bond motifs is 5. The monoisotopic (exact) mass is 596 g/mol. The Morgan fingerprint density at radius 1 is 0.914 bits per heavy atom. The molecule has 3 unspecified atom stereocenters. The van der Waals surface area contributed by atoms with E-state index in [1.165, 1.54) is 101 Å². The Kier molecular flexibility index (Phi) is 10.2. The quantitative estimate of drug-likeness (QED) is 0.0943. The van der Waals surface area contributed by atoms with Gasteiger partial charge >= 0.3 is 0 Å². The molecule has 3 fully saturated rings. The summed E-state index contributed by atoms with van der Waals surface area (Å²) in [5.41, 5.74) is 2.86. The van der Waals surface area contributed by atoms with Gasteiger partial charge in [0.15, 0.2) is 0 Å². The fraction of sp³-hybridized carbons (Fsp3) is 0.939. The smallest absolute Gasteiger partial charge is 0.0612 e. The first-order valence-electron chi connectivity index (χ1n) is 15.7. The summed E-state index contributed by atoms with van der Waals surface area (Å²) in [4.78, 5) is 0. The highest BCUT2D eigenvalue weighted by molar-refractivity contribution is 14.1. The second-order valence-corrected chi connectivity index (χ2v) is 15.2. The van der Waals surface area contributed by atoms with Crippen LogP contribution in [0.5, 0.6) is 0 Å². The van der Waals surface area contributed by atoms with Crippen molar-refractivity contribution < 1.29 is 4.74 Å². The van der Waals surface area contributed by atoms with Crippen molar-refractivity contribution >= 4 is 22.6 Å². The van der Waals surface area contributed by atoms with Gasteiger partial charge in [-0.2, -0.15) is 0 Å². The molecule has 202 valence electrons. The van der Waals surface area contributed by atoms with Gasteiger partial charge in [0.1, 0.15) is 0 Å². The summed E-state index contributed by atoms with van der Waals surface area (Å²) >= 11 is 2.50. The van der Waals surface area contributed by atoms with E-state index in [9.17, 15) is 0 Å². The normalized spacial score (nSPS) is 39.6. The van der Waals surface area contributed by atoms with E-state index in [1.54, 1.807) is 5.57 Å². The zero-order valence-electron chi connectivity index (χ0n) is 23.9. The zero-order valence-corrected chi connectivity index (χ0v) is 26.1. The first-order valence-corrected chi connectivity index (χ1v) is 17.2. The summed E-state index contributed by atoms with van der Waals surface area (Å²) in [6.07, 6.45) is 24.2. The maximum atomic E-state index is 6.42. The van der Waals surface area contributed by atoms with E-state index in [0.717, 1.165) is 42.1 Å². The van der Waals surface area contributed by atoms with Gasteiger partial charge in [-0.05, 0) is 115 Å². The zero-order chi connectivity index (χ0) is 25.1. The Bertz CT molecular complexity index is 699. The van der Waals surface area contributed by atoms with E-state index in [1.807, 2.05) is 0 Å². The van der Waals surface area contributed by atoms with E-state index in [-0.39, 0.29) is 0 Å². The number of ether oxygens (including phenoxy) is 1. The van der Waals surface area contributed by atoms with Gasteiger partial charge in [-0.15, -0.1) is 0 Å². The number of alkyl halides is 1. The van der Waals surface area contributed by atoms with Gasteiger partial charge in [0, 0.05) is 6.61 Å². The summed E-state index contributed by atoms with van der Waals surface area (Å²) in [5, 5.41) is 0. The molecule has 0 bridgehead atoms. The Morgan fingerprint density at radius 2 is 1.71 bits per heavy atom. The largest absolute Gasteiger partial charge is 0.378 e. The Hall–Kier alpha value is 0.430. The fourth-order valence-corrected chi connectivity index (χ4v) is 10.1. The van der Waals surface area contributed by atoms with E-state index < -0.39 is 0 Å². The van der Waals surface area contributed by atoms with Crippen LogP contribution in [0.1, 0.15) is 131 Å². The minimum atomic E-state index is 0.464. The summed E-state index contributed by atoms with van der Waals surface area (Å²) < 4.78 is 7.72. The first kappa shape index (κ1) is 28.4. The van der Waals surface area contributed by atoms with E-state index in [4.69, 9.17) is 4.74 Å². The summed E-state index contributed by atoms with van der Waals surface area (Å²) in [6.45, 7) is 13.8. The van der Waals surface area contributed by atoms with Crippen LogP contribution in [0.2, 0.25) is 0 Å². The van der Waals surface area contributed by atoms with Crippen molar-refractivity contribution in [2.75, 3.05) is 11.0 Å². The Balaban J connectivity index is 1.34. The van der Waals surface area contributed by atoms with Crippen LogP contribution >= 0.6 is 22.6 Å². The third kappa shape index (κ3) is 6.20. The minimum Gasteiger partial charge on any atom is -0.378 e. The van der Waals surface area contributed by atoms with E-state index >= 15 is 0 Å². The molecule has 4 aliphatic carbocycles. The van der Waals surface area contributed by atoms with Crippen molar-refractivity contribution in [1.29, 1.82) is 0 Å². The second-order valence-electron chi connectivity index (χ2n) is 14.1. The fourth-order valence-electron chi connectivity index (χ4n) is 9.59. The molecule has 8 atom stereocenters. The van der Waals surface area contributed by atoms with Crippen LogP contribution in [0.25, 0.3) is 0 Å². The molecular formula is C33H57IO. The number of hydrogen-bond acceptors (Lipinski definition) is 1. The van der Waals surface area contributed by atoms with Gasteiger partial charge in [-0.25, -0.2) is 0 Å². The molecule has 0 aromatic rings. The van der Waals surface area contributed by atoms with Crippen LogP contribution in [0, 0.1) is 46.3 Å². The molecule has 4 rings (SSSR count). The molecule has 0 aliphatic heterocycles. The van der Waals surface area contributed by atoms with Crippen LogP contribution in [0.4, 0.5) is 0 Å². The highest BCUT2D eigenvalue weighted by Gasteiger charge is 2.59. The maximum absolute atomic E-state index is 6.42. The number of unbranched alkanes of at least 4 members (excludes halogenated alkanes) is 3. The second kappa shape index (κ2) is 12.5. The molecule has 4 aliphatic rings. The lowest BCUT2D eigenvalue weighted by atomic mass is 9.47. The average Bonchev–Trinajstić information content (AvgIpc) is 3.18. The molecular weight excluding hydrogens is 539 g/mol. The van der Waals surface area contributed by atoms with Crippen molar-refractivity contribution in [3.63, 3.8) is 0 Å². The molecule has 0 aromatic heterocycles. The molecule has 0 amide bonds. The minimum absolute atomic E-state index is 0.464. The molecule has 0 radical (unpaired) electrons. The highest BCUT2D eigenvalue weighted by atomic mass is 127. The number of hydrogen-bond donors (Lipinski definition) is 0. The molecule has 3 saturated carbocycles. The van der Waals surface area contributed by atoms with Gasteiger partial charge in [-0.1, -0.05) is 101 Å². The van der Waals surface area contributed by atoms with Gasteiger partial charge < -0.3 is 4.74 Å². The molecule has 0 aromatic carbocycles. The molecule has 0 saturated heterocycles. The average molecular weight is 597 g/mol. The first-order chi connectivity index (χ1) is 16.8. The lowest BCUT2D eigenvalue weighted by molar-refractivity contribution is -0.0641. The van der Waals surface area contributed by atoms with Gasteiger partial charge in [0.25, 0.3) is 0 Å². The van der Waals surface area contributed by atoms with Crippen molar-refractivity contribution in [3.05, 3.63) is 11.6 Å². The lowest BCUT2D eigenvalue weighted by Crippen LogP contribution is -2.51. The number of rotatable bonds is 12. The van der Waals surface area contributed by atoms with Gasteiger partial charge in [0.2, 0.25) is 0 Å². The van der Waals surface area contributed by atoms with Crippen LogP contribution < -0.4 is 0 Å². The number of allylic oxidation sites excluding steroid dienone is 1. The van der Waals surface area contributed by atoms with Crippen LogP contribution in [0.15, 0.2) is 11.6 Å². The molecule has 1 nitrogen and oxygen atoms in total. The van der Waals surface area contributed by atoms with Crippen molar-refractivity contribution in [1.82, 2.24) is 0 Å². The highest BCUT2D eigenvalue weighted by Crippen LogP contribution is 2.67. The third-order valence-corrected chi connectivity index (χ3v) is 12.4. The van der Waals surface area contributed by atoms with Crippen LogP contribution in [-0.2, 0) is 4.74 Å². The Morgan fingerprint density at radius 3 is 2.49 bits per heavy atom. The van der Waals surface area contributed by atoms with E-state index in [0.29, 0.717) is 16.9 Å². The predicted octanol–water partition coefficient (Wildman–Crippen LogP) is 10.4. The van der Waals surface area contributed by atoms with Crippen LogP contribution in [0.3, 0.4) is 0 Å². The van der Waals surface area contributed by atoms with Crippen molar-refractivity contribution in [2.24, 2.45) is 46.3 Å². The SMILES string of the molecule is CC(C)CCC[C@@H](C)[C@H]1CCC2C3CC=C4C[C@@H](OCCCCCCI)CC[C@]4(C)C3CC[C@@]21C. The number of halogens is 1. The summed E-state index contributed by atoms with van der Waals surface area (Å²) in [5.74, 6) is 5.61. The van der Waals surface area contributed by atoms with Crippen LogP contribution in [-0.4, -0.2) is 17.1 Å². The molecule has 0 spiro atoms. The standard InChI is InChI=1S/C33H57IO/c1-24(2)11-10-12-25(3)29-15-16-30-28-14-13-26-23-27(35-22-9-7-6-8-21-34)17-19-32(26,4)31(28)18-20-33(29,30)5/h13,24-25,27-31H,6-12,14-23H2,1-5H3/t25-,27+,28?,29-,30?,31?,32+,33-/m1/s1. The molecule has 0 heterocycles. The van der Waals surface area contributed by atoms with Crippen molar-refractivity contribution in [2.45, 2.75) is 137 Å². The van der Waals surface area contributed by atoms with Crippen molar-refractivity contribution in [3.8, 4) is 0 Å². The topological polar surface area (TPSA) is 9.23 Å². The van der Waals surface area contributed by atoms with Gasteiger partial charge in [-0.3, -0.25) is 0 Å². The van der Waals surface area contributed by atoms with E-state index in [2.05, 4.69) is 63.3 Å². The third-order valence-electron chi connectivity index (χ3n) is 11.6. The Labute approximate surface area is 232 Å². The summed E-state index contributed by atoms with van der Waals surface area (Å²) in [6, 6.07) is 0. The lowest BCUT2D eigenvalue weighted by Gasteiger charge is -2.58. The predicted molar refractivity (Wildman–Crippen MR) is 160 cm³/mol. The van der Waals surface area contributed by atoms with Gasteiger partial charge in [0.05, 0.1) is 6.10 Å².